The molecule has 0 bridgehead atoms. The number of hydrogen-bond acceptors (Lipinski definition) is 5. The van der Waals surface area contributed by atoms with Gasteiger partial charge in [-0.3, -0.25) is 9.69 Å². The Kier molecular flexibility index (Phi) is 6.30. The van der Waals surface area contributed by atoms with Crippen LogP contribution in [0.5, 0.6) is 11.5 Å². The zero-order valence-corrected chi connectivity index (χ0v) is 19.9. The minimum Gasteiger partial charge on any atom is -0.492 e. The summed E-state index contributed by atoms with van der Waals surface area (Å²) >= 11 is 0. The molecule has 2 N–H and O–H groups in total. The quantitative estimate of drug-likeness (QED) is 0.726. The third-order valence-corrected chi connectivity index (χ3v) is 7.78. The van der Waals surface area contributed by atoms with E-state index in [1.807, 2.05) is 43.3 Å². The predicted octanol–water partition coefficient (Wildman–Crippen LogP) is 3.87. The first-order valence-corrected chi connectivity index (χ1v) is 12.2. The second-order valence-corrected chi connectivity index (χ2v) is 9.63. The van der Waals surface area contributed by atoms with Gasteiger partial charge in [-0.15, -0.1) is 0 Å². The molecular formula is C27H35N3O3. The van der Waals surface area contributed by atoms with E-state index >= 15 is 0 Å². The van der Waals surface area contributed by atoms with Crippen molar-refractivity contribution in [3.8, 4) is 11.5 Å². The van der Waals surface area contributed by atoms with E-state index in [4.69, 9.17) is 9.47 Å². The number of benzene rings is 2. The Morgan fingerprint density at radius 1 is 1.18 bits per heavy atom. The van der Waals surface area contributed by atoms with Crippen LogP contribution >= 0.6 is 0 Å². The van der Waals surface area contributed by atoms with Gasteiger partial charge in [-0.1, -0.05) is 30.3 Å². The van der Waals surface area contributed by atoms with Crippen molar-refractivity contribution in [2.24, 2.45) is 5.92 Å². The molecule has 2 saturated heterocycles. The third-order valence-electron chi connectivity index (χ3n) is 7.78. The molecule has 0 unspecified atom stereocenters. The van der Waals surface area contributed by atoms with E-state index in [1.54, 1.807) is 14.2 Å². The molecule has 3 aliphatic heterocycles. The SMILES string of the molecule is COc1c(C(=O)N[C@H](C)c2ccccc2)cc2c(c1OC)[C@@H]1C[C@@H]3NCCC[C@H]3CN1CC2. The molecule has 0 aromatic heterocycles. The number of ether oxygens (including phenoxy) is 2. The first-order chi connectivity index (χ1) is 16.1. The lowest BCUT2D eigenvalue weighted by atomic mass is 9.77. The summed E-state index contributed by atoms with van der Waals surface area (Å²) in [5, 5.41) is 6.90. The number of carbonyl (C=O) groups is 1. The summed E-state index contributed by atoms with van der Waals surface area (Å²) in [5.41, 5.74) is 4.04. The van der Waals surface area contributed by atoms with Gasteiger partial charge in [0.1, 0.15) is 0 Å². The number of fused-ring (bicyclic) bond motifs is 4. The summed E-state index contributed by atoms with van der Waals surface area (Å²) in [6.45, 7) is 5.27. The molecule has 0 radical (unpaired) electrons. The number of hydrogen-bond donors (Lipinski definition) is 2. The van der Waals surface area contributed by atoms with Crippen molar-refractivity contribution in [2.75, 3.05) is 33.9 Å². The Labute approximate surface area is 196 Å². The zero-order chi connectivity index (χ0) is 22.9. The van der Waals surface area contributed by atoms with Gasteiger partial charge in [-0.25, -0.2) is 0 Å². The fourth-order valence-electron chi connectivity index (χ4n) is 6.10. The number of nitrogens with zero attached hydrogens (tertiary/aromatic N) is 1. The first-order valence-electron chi connectivity index (χ1n) is 12.2. The van der Waals surface area contributed by atoms with Gasteiger partial charge in [0.25, 0.3) is 5.91 Å². The van der Waals surface area contributed by atoms with E-state index in [-0.39, 0.29) is 11.9 Å². The standard InChI is InChI=1S/C27H35N3O3/c1-17(18-8-5-4-6-9-18)29-27(31)21-14-19-11-13-30-16-20-10-7-12-28-22(20)15-23(30)24(19)26(33-3)25(21)32-2/h4-6,8-9,14,17,20,22-23,28H,7,10-13,15-16H2,1-3H3,(H,29,31)/t17-,20+,22+,23+/m1/s1. The number of nitrogens with one attached hydrogen (secondary N) is 2. The molecule has 2 aromatic carbocycles. The molecule has 2 aromatic rings. The molecular weight excluding hydrogens is 414 g/mol. The molecule has 3 aliphatic rings. The number of rotatable bonds is 5. The van der Waals surface area contributed by atoms with Crippen LogP contribution in [0.3, 0.4) is 0 Å². The molecule has 4 atom stereocenters. The van der Waals surface area contributed by atoms with E-state index < -0.39 is 0 Å². The summed E-state index contributed by atoms with van der Waals surface area (Å²) in [6, 6.07) is 12.8. The molecule has 3 heterocycles. The van der Waals surface area contributed by atoms with Crippen molar-refractivity contribution in [2.45, 2.75) is 50.7 Å². The Morgan fingerprint density at radius 2 is 1.97 bits per heavy atom. The average molecular weight is 450 g/mol. The molecule has 176 valence electrons. The summed E-state index contributed by atoms with van der Waals surface area (Å²) < 4.78 is 11.8. The van der Waals surface area contributed by atoms with Gasteiger partial charge < -0.3 is 20.1 Å². The smallest absolute Gasteiger partial charge is 0.255 e. The van der Waals surface area contributed by atoms with E-state index in [0.29, 0.717) is 23.4 Å². The van der Waals surface area contributed by atoms with Gasteiger partial charge in [0.05, 0.1) is 25.8 Å². The largest absolute Gasteiger partial charge is 0.492 e. The van der Waals surface area contributed by atoms with E-state index in [1.165, 1.54) is 24.0 Å². The Morgan fingerprint density at radius 3 is 2.73 bits per heavy atom. The van der Waals surface area contributed by atoms with Crippen LogP contribution in [0.4, 0.5) is 0 Å². The lowest BCUT2D eigenvalue weighted by Gasteiger charge is -2.49. The van der Waals surface area contributed by atoms with E-state index in [0.717, 1.165) is 49.7 Å². The van der Waals surface area contributed by atoms with Crippen LogP contribution in [0.2, 0.25) is 0 Å². The second-order valence-electron chi connectivity index (χ2n) is 9.63. The lowest BCUT2D eigenvalue weighted by Crippen LogP contribution is -2.54. The van der Waals surface area contributed by atoms with Crippen LogP contribution in [0.15, 0.2) is 36.4 Å². The van der Waals surface area contributed by atoms with Crippen LogP contribution in [0.1, 0.15) is 65.3 Å². The summed E-state index contributed by atoms with van der Waals surface area (Å²) in [7, 11) is 3.32. The fourth-order valence-corrected chi connectivity index (χ4v) is 6.10. The minimum atomic E-state index is -0.135. The molecule has 0 aliphatic carbocycles. The fraction of sp³-hybridized carbons (Fsp3) is 0.519. The molecule has 33 heavy (non-hydrogen) atoms. The van der Waals surface area contributed by atoms with Gasteiger partial charge in [-0.05, 0) is 62.3 Å². The first kappa shape index (κ1) is 22.2. The molecule has 6 heteroatoms. The number of amides is 1. The normalized spacial score (nSPS) is 25.2. The van der Waals surface area contributed by atoms with Crippen LogP contribution in [0, 0.1) is 5.92 Å². The topological polar surface area (TPSA) is 62.8 Å². The predicted molar refractivity (Wildman–Crippen MR) is 129 cm³/mol. The summed E-state index contributed by atoms with van der Waals surface area (Å²) in [4.78, 5) is 16.0. The van der Waals surface area contributed by atoms with Crippen molar-refractivity contribution in [3.63, 3.8) is 0 Å². The zero-order valence-electron chi connectivity index (χ0n) is 19.9. The van der Waals surface area contributed by atoms with Crippen LogP contribution in [-0.4, -0.2) is 50.7 Å². The molecule has 0 spiro atoms. The highest BCUT2D eigenvalue weighted by molar-refractivity contribution is 5.98. The highest BCUT2D eigenvalue weighted by Crippen LogP contribution is 2.48. The van der Waals surface area contributed by atoms with Crippen LogP contribution in [-0.2, 0) is 6.42 Å². The van der Waals surface area contributed by atoms with Crippen LogP contribution in [0.25, 0.3) is 0 Å². The van der Waals surface area contributed by atoms with Crippen molar-refractivity contribution in [1.82, 2.24) is 15.5 Å². The lowest BCUT2D eigenvalue weighted by molar-refractivity contribution is 0.0535. The summed E-state index contributed by atoms with van der Waals surface area (Å²) in [5.74, 6) is 1.85. The van der Waals surface area contributed by atoms with Gasteiger partial charge in [0.2, 0.25) is 0 Å². The highest BCUT2D eigenvalue weighted by atomic mass is 16.5. The molecule has 1 amide bonds. The number of methoxy groups -OCH3 is 2. The average Bonchev–Trinajstić information content (AvgIpc) is 2.86. The Bertz CT molecular complexity index is 1010. The molecule has 2 fully saturated rings. The van der Waals surface area contributed by atoms with E-state index in [2.05, 4.69) is 15.5 Å². The maximum Gasteiger partial charge on any atom is 0.255 e. The van der Waals surface area contributed by atoms with Crippen LogP contribution < -0.4 is 20.1 Å². The summed E-state index contributed by atoms with van der Waals surface area (Å²) in [6.07, 6.45) is 4.58. The Hall–Kier alpha value is -2.57. The highest BCUT2D eigenvalue weighted by Gasteiger charge is 2.42. The Balaban J connectivity index is 1.48. The molecule has 5 rings (SSSR count). The van der Waals surface area contributed by atoms with Crippen molar-refractivity contribution < 1.29 is 14.3 Å². The van der Waals surface area contributed by atoms with Gasteiger partial charge in [0, 0.05) is 30.7 Å². The molecule has 0 saturated carbocycles. The monoisotopic (exact) mass is 449 g/mol. The van der Waals surface area contributed by atoms with Crippen molar-refractivity contribution in [3.05, 3.63) is 58.7 Å². The second kappa shape index (κ2) is 9.35. The van der Waals surface area contributed by atoms with Gasteiger partial charge >= 0.3 is 0 Å². The minimum absolute atomic E-state index is 0.103. The maximum absolute atomic E-state index is 13.4. The maximum atomic E-state index is 13.4. The third kappa shape index (κ3) is 4.11. The van der Waals surface area contributed by atoms with E-state index in [9.17, 15) is 4.79 Å². The van der Waals surface area contributed by atoms with Crippen molar-refractivity contribution in [1.29, 1.82) is 0 Å². The van der Waals surface area contributed by atoms with Crippen molar-refractivity contribution >= 4 is 5.91 Å². The van der Waals surface area contributed by atoms with Gasteiger partial charge in [-0.2, -0.15) is 0 Å². The van der Waals surface area contributed by atoms with Gasteiger partial charge in [0.15, 0.2) is 11.5 Å². The number of carbonyl (C=O) groups excluding carboxylic acids is 1. The molecule has 6 nitrogen and oxygen atoms in total. The number of piperidine rings is 2.